The molecule has 9 heteroatoms. The number of nitrogens with zero attached hydrogens (tertiary/aromatic N) is 5. The molecule has 9 nitrogen and oxygen atoms in total. The first-order valence-electron chi connectivity index (χ1n) is 9.44. The maximum absolute atomic E-state index is 13.1. The van der Waals surface area contributed by atoms with Gasteiger partial charge in [0.2, 0.25) is 5.91 Å². The molecule has 1 spiro atoms. The number of carbonyl (C=O) groups excluding carboxylic acids is 1. The second-order valence-corrected chi connectivity index (χ2v) is 7.65. The molecule has 0 saturated carbocycles. The van der Waals surface area contributed by atoms with Crippen LogP contribution in [0, 0.1) is 5.41 Å². The summed E-state index contributed by atoms with van der Waals surface area (Å²) in [5.74, 6) is 0.865. The lowest BCUT2D eigenvalue weighted by Gasteiger charge is -2.39. The van der Waals surface area contributed by atoms with E-state index in [0.717, 1.165) is 32.4 Å². The van der Waals surface area contributed by atoms with Crippen LogP contribution in [0.5, 0.6) is 0 Å². The zero-order chi connectivity index (χ0) is 19.0. The number of fused-ring (bicyclic) bond motifs is 1. The first-order valence-corrected chi connectivity index (χ1v) is 9.44. The van der Waals surface area contributed by atoms with Crippen LogP contribution >= 0.6 is 0 Å². The smallest absolute Gasteiger partial charge is 0.262 e. The zero-order valence-corrected chi connectivity index (χ0v) is 15.9. The molecule has 1 atom stereocenters. The van der Waals surface area contributed by atoms with Crippen molar-refractivity contribution in [3.05, 3.63) is 22.4 Å². The number of aromatic nitrogens is 4. The number of H-pyrrole nitrogens is 1. The zero-order valence-electron chi connectivity index (χ0n) is 15.9. The fourth-order valence-corrected chi connectivity index (χ4v) is 4.40. The van der Waals surface area contributed by atoms with Gasteiger partial charge in [0.15, 0.2) is 5.65 Å². The molecule has 2 aromatic rings. The minimum atomic E-state index is -0.303. The van der Waals surface area contributed by atoms with Gasteiger partial charge in [0, 0.05) is 33.8 Å². The van der Waals surface area contributed by atoms with Crippen molar-refractivity contribution in [1.29, 1.82) is 0 Å². The highest BCUT2D eigenvalue weighted by atomic mass is 16.5. The van der Waals surface area contributed by atoms with Gasteiger partial charge in [0.25, 0.3) is 5.56 Å². The van der Waals surface area contributed by atoms with Crippen molar-refractivity contribution in [2.75, 3.05) is 39.9 Å². The first kappa shape index (κ1) is 18.1. The minimum Gasteiger partial charge on any atom is -0.383 e. The van der Waals surface area contributed by atoms with E-state index in [0.29, 0.717) is 43.1 Å². The number of hydrogen-bond donors (Lipinski definition) is 1. The molecule has 27 heavy (non-hydrogen) atoms. The number of likely N-dealkylation sites (tertiary alicyclic amines) is 2. The predicted octanol–water partition coefficient (Wildman–Crippen LogP) is 0.118. The van der Waals surface area contributed by atoms with Crippen molar-refractivity contribution in [2.24, 2.45) is 12.5 Å². The van der Waals surface area contributed by atoms with Crippen LogP contribution in [0.15, 0.2) is 11.0 Å². The van der Waals surface area contributed by atoms with Gasteiger partial charge in [-0.25, -0.2) is 4.98 Å². The van der Waals surface area contributed by atoms with Crippen LogP contribution in [0.4, 0.5) is 0 Å². The average molecular weight is 374 g/mol. The van der Waals surface area contributed by atoms with Crippen molar-refractivity contribution >= 4 is 16.9 Å². The van der Waals surface area contributed by atoms with Gasteiger partial charge in [-0.2, -0.15) is 5.10 Å². The van der Waals surface area contributed by atoms with Crippen molar-refractivity contribution in [3.8, 4) is 0 Å². The van der Waals surface area contributed by atoms with Gasteiger partial charge < -0.3 is 14.6 Å². The van der Waals surface area contributed by atoms with E-state index in [1.165, 1.54) is 6.20 Å². The molecule has 0 bridgehead atoms. The number of rotatable bonds is 5. The Morgan fingerprint density at radius 1 is 1.30 bits per heavy atom. The molecule has 1 amide bonds. The number of methoxy groups -OCH3 is 1. The van der Waals surface area contributed by atoms with E-state index >= 15 is 0 Å². The number of piperidine rings is 1. The molecular weight excluding hydrogens is 348 g/mol. The van der Waals surface area contributed by atoms with Crippen LogP contribution in [-0.2, 0) is 23.1 Å². The van der Waals surface area contributed by atoms with Crippen molar-refractivity contribution in [2.45, 2.75) is 25.8 Å². The summed E-state index contributed by atoms with van der Waals surface area (Å²) in [6.45, 7) is 4.11. The third-order valence-corrected chi connectivity index (χ3v) is 5.85. The average Bonchev–Trinajstić information content (AvgIpc) is 3.22. The van der Waals surface area contributed by atoms with E-state index < -0.39 is 0 Å². The number of ether oxygens (including phenoxy) is 1. The number of hydrogen-bond acceptors (Lipinski definition) is 6. The van der Waals surface area contributed by atoms with Crippen LogP contribution in [0.3, 0.4) is 0 Å². The van der Waals surface area contributed by atoms with E-state index in [-0.39, 0.29) is 16.9 Å². The van der Waals surface area contributed by atoms with Gasteiger partial charge in [-0.1, -0.05) is 0 Å². The van der Waals surface area contributed by atoms with E-state index in [1.807, 2.05) is 4.90 Å². The Labute approximate surface area is 157 Å². The highest BCUT2D eigenvalue weighted by Crippen LogP contribution is 2.40. The number of aromatic amines is 1. The molecule has 2 aliphatic rings. The molecule has 2 aliphatic heterocycles. The van der Waals surface area contributed by atoms with E-state index in [9.17, 15) is 9.59 Å². The number of aryl methyl sites for hydroxylation is 1. The standard InChI is InChI=1S/C18H26N6O3/c1-22-15-13(10-19-22)16(25)21-14(20-15)11-23-7-5-18(12-23)4-3-6-24(17(18)26)8-9-27-2/h10H,3-9,11-12H2,1-2H3,(H,20,21,25). The molecule has 1 unspecified atom stereocenters. The maximum atomic E-state index is 13.1. The minimum absolute atomic E-state index is 0.170. The van der Waals surface area contributed by atoms with Crippen LogP contribution in [0.1, 0.15) is 25.1 Å². The highest BCUT2D eigenvalue weighted by molar-refractivity contribution is 5.84. The molecule has 0 aromatic carbocycles. The summed E-state index contributed by atoms with van der Waals surface area (Å²) in [5.41, 5.74) is 0.113. The van der Waals surface area contributed by atoms with E-state index in [2.05, 4.69) is 20.0 Å². The number of amides is 1. The lowest BCUT2D eigenvalue weighted by Crippen LogP contribution is -2.50. The second-order valence-electron chi connectivity index (χ2n) is 7.65. The summed E-state index contributed by atoms with van der Waals surface area (Å²) in [4.78, 5) is 36.9. The van der Waals surface area contributed by atoms with E-state index in [1.54, 1.807) is 18.8 Å². The Balaban J connectivity index is 1.49. The lowest BCUT2D eigenvalue weighted by atomic mass is 9.78. The van der Waals surface area contributed by atoms with Crippen LogP contribution in [0.2, 0.25) is 0 Å². The molecular formula is C18H26N6O3. The molecule has 0 aliphatic carbocycles. The van der Waals surface area contributed by atoms with Gasteiger partial charge in [0.05, 0.1) is 24.8 Å². The summed E-state index contributed by atoms with van der Waals surface area (Å²) < 4.78 is 6.75. The maximum Gasteiger partial charge on any atom is 0.262 e. The van der Waals surface area contributed by atoms with Crippen molar-refractivity contribution in [3.63, 3.8) is 0 Å². The van der Waals surface area contributed by atoms with Crippen LogP contribution in [0.25, 0.3) is 11.0 Å². The third-order valence-electron chi connectivity index (χ3n) is 5.85. The third kappa shape index (κ3) is 3.25. The SMILES string of the molecule is COCCN1CCCC2(CCN(Cc3nc4c(cnn4C)c(=O)[nH]3)C2)C1=O. The Bertz CT molecular complexity index is 906. The van der Waals surface area contributed by atoms with Crippen molar-refractivity contribution in [1.82, 2.24) is 29.5 Å². The first-order chi connectivity index (χ1) is 13.0. The molecule has 2 saturated heterocycles. The molecule has 4 rings (SSSR count). The monoisotopic (exact) mass is 374 g/mol. The van der Waals surface area contributed by atoms with Gasteiger partial charge >= 0.3 is 0 Å². The summed E-state index contributed by atoms with van der Waals surface area (Å²) in [7, 11) is 3.44. The molecule has 0 radical (unpaired) electrons. The summed E-state index contributed by atoms with van der Waals surface area (Å²) in [5, 5.41) is 4.60. The molecule has 1 N–H and O–H groups in total. The van der Waals surface area contributed by atoms with Gasteiger partial charge in [0.1, 0.15) is 11.2 Å². The van der Waals surface area contributed by atoms with Gasteiger partial charge in [-0.15, -0.1) is 0 Å². The Hall–Kier alpha value is -2.26. The normalized spacial score (nSPS) is 23.8. The lowest BCUT2D eigenvalue weighted by molar-refractivity contribution is -0.146. The predicted molar refractivity (Wildman–Crippen MR) is 99.1 cm³/mol. The van der Waals surface area contributed by atoms with Crippen LogP contribution < -0.4 is 5.56 Å². The van der Waals surface area contributed by atoms with Crippen molar-refractivity contribution < 1.29 is 9.53 Å². The molecule has 4 heterocycles. The highest BCUT2D eigenvalue weighted by Gasteiger charge is 2.48. The Kier molecular flexibility index (Phi) is 4.73. The topological polar surface area (TPSA) is 96.3 Å². The summed E-state index contributed by atoms with van der Waals surface area (Å²) >= 11 is 0. The largest absolute Gasteiger partial charge is 0.383 e. The molecule has 2 aromatic heterocycles. The Morgan fingerprint density at radius 3 is 2.96 bits per heavy atom. The summed E-state index contributed by atoms with van der Waals surface area (Å²) in [6, 6.07) is 0. The molecule has 146 valence electrons. The van der Waals surface area contributed by atoms with Gasteiger partial charge in [-0.05, 0) is 25.8 Å². The number of carbonyl (C=O) groups is 1. The van der Waals surface area contributed by atoms with E-state index in [4.69, 9.17) is 4.74 Å². The molecule has 2 fully saturated rings. The Morgan fingerprint density at radius 2 is 2.15 bits per heavy atom. The second kappa shape index (κ2) is 7.05. The van der Waals surface area contributed by atoms with Crippen LogP contribution in [-0.4, -0.2) is 75.4 Å². The van der Waals surface area contributed by atoms with Gasteiger partial charge in [-0.3, -0.25) is 19.2 Å². The number of nitrogens with one attached hydrogen (secondary N) is 1. The fourth-order valence-electron chi connectivity index (χ4n) is 4.40. The quantitative estimate of drug-likeness (QED) is 0.798. The fraction of sp³-hybridized carbons (Fsp3) is 0.667. The summed E-state index contributed by atoms with van der Waals surface area (Å²) in [6.07, 6.45) is 4.34.